The highest BCUT2D eigenvalue weighted by Gasteiger charge is 2.33. The Kier molecular flexibility index (Phi) is 8.26. The van der Waals surface area contributed by atoms with Crippen molar-refractivity contribution in [3.8, 4) is 5.75 Å². The van der Waals surface area contributed by atoms with Crippen LogP contribution < -0.4 is 15.8 Å². The van der Waals surface area contributed by atoms with Crippen molar-refractivity contribution in [1.29, 1.82) is 0 Å². The summed E-state index contributed by atoms with van der Waals surface area (Å²) in [5.74, 6) is 3.13. The molecule has 0 spiro atoms. The Morgan fingerprint density at radius 1 is 1.16 bits per heavy atom. The topological polar surface area (TPSA) is 64.3 Å². The lowest BCUT2D eigenvalue weighted by Crippen LogP contribution is -2.52. The van der Waals surface area contributed by atoms with Crippen LogP contribution in [0.25, 0.3) is 0 Å². The van der Waals surface area contributed by atoms with Crippen molar-refractivity contribution in [2.75, 3.05) is 24.7 Å². The van der Waals surface area contributed by atoms with Crippen LogP contribution in [0.4, 0.5) is 0 Å². The number of carbonyl (C=O) groups excluding carboxylic acids is 1. The maximum atomic E-state index is 12.2. The highest BCUT2D eigenvalue weighted by atomic mass is 35.5. The second-order valence-corrected chi connectivity index (χ2v) is 9.25. The minimum atomic E-state index is -0.209. The molecule has 0 radical (unpaired) electrons. The lowest BCUT2D eigenvalue weighted by Gasteiger charge is -2.28. The second-order valence-electron chi connectivity index (χ2n) is 6.52. The first-order chi connectivity index (χ1) is 11.7. The maximum Gasteiger partial charge on any atom is 0.258 e. The van der Waals surface area contributed by atoms with Gasteiger partial charge in [0.05, 0.1) is 10.1 Å². The highest BCUT2D eigenvalue weighted by Crippen LogP contribution is 2.43. The summed E-state index contributed by atoms with van der Waals surface area (Å²) in [5.41, 5.74) is 6.97. The molecule has 4 nitrogen and oxygen atoms in total. The Morgan fingerprint density at radius 3 is 2.40 bits per heavy atom. The van der Waals surface area contributed by atoms with Crippen LogP contribution in [-0.2, 0) is 4.79 Å². The van der Waals surface area contributed by atoms with Crippen molar-refractivity contribution in [3.05, 3.63) is 29.8 Å². The van der Waals surface area contributed by atoms with Crippen LogP contribution in [0.3, 0.4) is 0 Å². The van der Waals surface area contributed by atoms with Crippen LogP contribution in [0.5, 0.6) is 5.75 Å². The van der Waals surface area contributed by atoms with Gasteiger partial charge >= 0.3 is 0 Å². The molecule has 2 fully saturated rings. The number of ether oxygens (including phenoxy) is 1. The third-order valence-electron chi connectivity index (χ3n) is 4.71. The van der Waals surface area contributed by atoms with E-state index in [1.54, 1.807) is 0 Å². The van der Waals surface area contributed by atoms with Crippen LogP contribution in [0, 0.1) is 0 Å². The molecule has 3 N–H and O–H groups in total. The van der Waals surface area contributed by atoms with Crippen LogP contribution in [0.1, 0.15) is 42.2 Å². The number of rotatable bonds is 6. The van der Waals surface area contributed by atoms with Crippen molar-refractivity contribution >= 4 is 41.8 Å². The van der Waals surface area contributed by atoms with Gasteiger partial charge in [-0.25, -0.2) is 0 Å². The van der Waals surface area contributed by atoms with E-state index in [1.165, 1.54) is 23.5 Å². The third-order valence-corrected chi connectivity index (χ3v) is 7.72. The summed E-state index contributed by atoms with van der Waals surface area (Å²) >= 11 is 4.01. The monoisotopic (exact) mass is 402 g/mol. The number of benzene rings is 1. The van der Waals surface area contributed by atoms with Gasteiger partial charge in [-0.1, -0.05) is 25.0 Å². The van der Waals surface area contributed by atoms with Crippen LogP contribution >= 0.6 is 35.9 Å². The third kappa shape index (κ3) is 5.71. The molecule has 1 saturated carbocycles. The molecule has 1 aliphatic heterocycles. The summed E-state index contributed by atoms with van der Waals surface area (Å²) in [6, 6.07) is 8.16. The second kappa shape index (κ2) is 9.95. The fourth-order valence-corrected chi connectivity index (χ4v) is 6.21. The van der Waals surface area contributed by atoms with E-state index in [2.05, 4.69) is 17.4 Å². The standard InChI is InChI=1S/C18H26N2O2S2.ClH/c19-13-18(8-1-2-9-18)20-16(21)12-22-15-6-4-14(5-7-15)17-23-10-3-11-24-17;/h4-7,17H,1-3,8-13,19H2,(H,20,21);1H. The number of nitrogens with one attached hydrogen (secondary N) is 1. The number of carbonyl (C=O) groups is 1. The van der Waals surface area contributed by atoms with E-state index in [4.69, 9.17) is 10.5 Å². The zero-order chi connectivity index (χ0) is 16.8. The molecule has 0 aromatic heterocycles. The van der Waals surface area contributed by atoms with Crippen LogP contribution in [-0.4, -0.2) is 36.1 Å². The average Bonchev–Trinajstić information content (AvgIpc) is 3.10. The van der Waals surface area contributed by atoms with Crippen LogP contribution in [0.2, 0.25) is 0 Å². The Balaban J connectivity index is 0.00000225. The van der Waals surface area contributed by atoms with Gasteiger partial charge in [0.15, 0.2) is 6.61 Å². The molecule has 1 aromatic rings. The molecule has 1 aliphatic carbocycles. The number of amides is 1. The molecule has 0 atom stereocenters. The number of hydrogen-bond acceptors (Lipinski definition) is 5. The predicted octanol–water partition coefficient (Wildman–Crippen LogP) is 3.74. The number of hydrogen-bond donors (Lipinski definition) is 2. The van der Waals surface area contributed by atoms with Gasteiger partial charge in [-0.05, 0) is 48.5 Å². The zero-order valence-electron chi connectivity index (χ0n) is 14.4. The first kappa shape index (κ1) is 20.7. The largest absolute Gasteiger partial charge is 0.484 e. The fourth-order valence-electron chi connectivity index (χ4n) is 3.31. The van der Waals surface area contributed by atoms with Crippen LogP contribution in [0.15, 0.2) is 24.3 Å². The van der Waals surface area contributed by atoms with Crippen molar-refractivity contribution in [1.82, 2.24) is 5.32 Å². The van der Waals surface area contributed by atoms with Crippen molar-refractivity contribution in [2.45, 2.75) is 42.2 Å². The van der Waals surface area contributed by atoms with Gasteiger partial charge in [0.1, 0.15) is 5.75 Å². The summed E-state index contributed by atoms with van der Waals surface area (Å²) in [4.78, 5) is 12.2. The van der Waals surface area contributed by atoms with Gasteiger partial charge in [-0.2, -0.15) is 0 Å². The molecule has 25 heavy (non-hydrogen) atoms. The van der Waals surface area contributed by atoms with Gasteiger partial charge in [-0.15, -0.1) is 35.9 Å². The molecule has 1 heterocycles. The molecule has 0 unspecified atom stereocenters. The predicted molar refractivity (Wildman–Crippen MR) is 110 cm³/mol. The van der Waals surface area contributed by atoms with Crippen molar-refractivity contribution < 1.29 is 9.53 Å². The van der Waals surface area contributed by atoms with E-state index < -0.39 is 0 Å². The van der Waals surface area contributed by atoms with Gasteiger partial charge < -0.3 is 15.8 Å². The van der Waals surface area contributed by atoms with E-state index in [9.17, 15) is 4.79 Å². The first-order valence-electron chi connectivity index (χ1n) is 8.68. The molecule has 140 valence electrons. The lowest BCUT2D eigenvalue weighted by molar-refractivity contribution is -0.124. The molecule has 1 saturated heterocycles. The molecule has 1 aromatic carbocycles. The van der Waals surface area contributed by atoms with Crippen molar-refractivity contribution in [3.63, 3.8) is 0 Å². The minimum Gasteiger partial charge on any atom is -0.484 e. The Morgan fingerprint density at radius 2 is 1.80 bits per heavy atom. The Hall–Kier alpha value is -0.560. The normalized spacial score (nSPS) is 19.9. The molecule has 1 amide bonds. The summed E-state index contributed by atoms with van der Waals surface area (Å²) < 4.78 is 6.17. The summed E-state index contributed by atoms with van der Waals surface area (Å²) in [7, 11) is 0. The summed E-state index contributed by atoms with van der Waals surface area (Å²) in [6.45, 7) is 0.554. The van der Waals surface area contributed by atoms with Crippen molar-refractivity contribution in [2.24, 2.45) is 5.73 Å². The highest BCUT2D eigenvalue weighted by molar-refractivity contribution is 8.16. The molecule has 2 aliphatic rings. The molecule has 7 heteroatoms. The number of thioether (sulfide) groups is 2. The SMILES string of the molecule is Cl.NCC1(NC(=O)COc2ccc(C3SCCCS3)cc2)CCCC1. The Labute approximate surface area is 164 Å². The van der Waals surface area contributed by atoms with E-state index in [0.29, 0.717) is 11.1 Å². The quantitative estimate of drug-likeness (QED) is 0.758. The first-order valence-corrected chi connectivity index (χ1v) is 10.8. The fraction of sp³-hybridized carbons (Fsp3) is 0.611. The molecule has 0 bridgehead atoms. The number of halogens is 1. The smallest absolute Gasteiger partial charge is 0.258 e. The van der Waals surface area contributed by atoms with E-state index in [-0.39, 0.29) is 30.5 Å². The summed E-state index contributed by atoms with van der Waals surface area (Å²) in [6.07, 6.45) is 5.52. The number of nitrogens with two attached hydrogens (primary N) is 1. The lowest BCUT2D eigenvalue weighted by atomic mass is 9.98. The molecular formula is C18H27ClN2O2S2. The molecule has 3 rings (SSSR count). The van der Waals surface area contributed by atoms with Gasteiger partial charge in [0, 0.05) is 6.54 Å². The van der Waals surface area contributed by atoms with E-state index >= 15 is 0 Å². The Bertz CT molecular complexity index is 545. The average molecular weight is 403 g/mol. The van der Waals surface area contributed by atoms with Gasteiger partial charge in [-0.3, -0.25) is 4.79 Å². The van der Waals surface area contributed by atoms with Gasteiger partial charge in [0.2, 0.25) is 0 Å². The summed E-state index contributed by atoms with van der Waals surface area (Å²) in [5, 5.41) is 3.08. The van der Waals surface area contributed by atoms with E-state index in [0.717, 1.165) is 31.4 Å². The zero-order valence-corrected chi connectivity index (χ0v) is 16.8. The van der Waals surface area contributed by atoms with E-state index in [1.807, 2.05) is 35.7 Å². The maximum absolute atomic E-state index is 12.2. The van der Waals surface area contributed by atoms with Gasteiger partial charge in [0.25, 0.3) is 5.91 Å². The molecular weight excluding hydrogens is 376 g/mol. The minimum absolute atomic E-state index is 0.